The topological polar surface area (TPSA) is 21.3 Å². The highest BCUT2D eigenvalue weighted by atomic mass is 32.1. The summed E-state index contributed by atoms with van der Waals surface area (Å²) in [6.45, 7) is 0.674. The lowest BCUT2D eigenvalue weighted by Crippen LogP contribution is -2.16. The Labute approximate surface area is 124 Å². The van der Waals surface area contributed by atoms with E-state index in [4.69, 9.17) is 4.74 Å². The van der Waals surface area contributed by atoms with Crippen LogP contribution in [0.2, 0.25) is 0 Å². The Bertz CT molecular complexity index is 574. The van der Waals surface area contributed by atoms with E-state index < -0.39 is 0 Å². The van der Waals surface area contributed by atoms with Crippen LogP contribution in [0.25, 0.3) is 10.4 Å². The molecule has 2 aromatic rings. The van der Waals surface area contributed by atoms with Gasteiger partial charge in [0, 0.05) is 22.9 Å². The molecule has 1 aliphatic carbocycles. The Morgan fingerprint density at radius 1 is 1.30 bits per heavy atom. The van der Waals surface area contributed by atoms with Gasteiger partial charge in [-0.2, -0.15) is 0 Å². The molecular weight excluding hydrogens is 266 g/mol. The van der Waals surface area contributed by atoms with E-state index in [9.17, 15) is 0 Å². The van der Waals surface area contributed by atoms with Crippen molar-refractivity contribution in [2.75, 3.05) is 14.2 Å². The summed E-state index contributed by atoms with van der Waals surface area (Å²) in [6, 6.07) is 13.7. The smallest absolute Gasteiger partial charge is 0.0713 e. The first-order chi connectivity index (χ1) is 9.81. The van der Waals surface area contributed by atoms with Crippen molar-refractivity contribution in [1.82, 2.24) is 5.32 Å². The van der Waals surface area contributed by atoms with Crippen LogP contribution in [0.1, 0.15) is 29.3 Å². The number of hydrogen-bond acceptors (Lipinski definition) is 3. The van der Waals surface area contributed by atoms with Crippen LogP contribution in [0.4, 0.5) is 0 Å². The van der Waals surface area contributed by atoms with E-state index in [1.807, 2.05) is 11.3 Å². The highest BCUT2D eigenvalue weighted by molar-refractivity contribution is 7.15. The van der Waals surface area contributed by atoms with Gasteiger partial charge in [0.15, 0.2) is 0 Å². The predicted molar refractivity (Wildman–Crippen MR) is 85.0 cm³/mol. The second-order valence-corrected chi connectivity index (χ2v) is 6.55. The molecule has 1 atom stereocenters. The minimum atomic E-state index is 0.538. The molecule has 1 fully saturated rings. The first-order valence-corrected chi connectivity index (χ1v) is 7.98. The zero-order valence-corrected chi connectivity index (χ0v) is 12.9. The Kier molecular flexibility index (Phi) is 4.20. The summed E-state index contributed by atoms with van der Waals surface area (Å²) >= 11 is 1.91. The molecule has 0 aliphatic heterocycles. The first-order valence-electron chi connectivity index (χ1n) is 7.17. The van der Waals surface area contributed by atoms with E-state index in [0.29, 0.717) is 12.6 Å². The molecule has 0 spiro atoms. The third kappa shape index (κ3) is 2.95. The zero-order chi connectivity index (χ0) is 13.9. The maximum Gasteiger partial charge on any atom is 0.0713 e. The zero-order valence-electron chi connectivity index (χ0n) is 12.1. The fourth-order valence-electron chi connectivity index (χ4n) is 2.70. The SMILES string of the molecule is CNC(c1ccc(-c2cccc(COC)c2)s1)C1CC1. The van der Waals surface area contributed by atoms with Crippen molar-refractivity contribution < 1.29 is 4.74 Å². The summed E-state index contributed by atoms with van der Waals surface area (Å²) in [7, 11) is 3.81. The van der Waals surface area contributed by atoms with Gasteiger partial charge in [0.1, 0.15) is 0 Å². The van der Waals surface area contributed by atoms with Gasteiger partial charge in [-0.25, -0.2) is 0 Å². The number of nitrogens with one attached hydrogen (secondary N) is 1. The van der Waals surface area contributed by atoms with Gasteiger partial charge in [-0.1, -0.05) is 18.2 Å². The van der Waals surface area contributed by atoms with Crippen molar-refractivity contribution in [3.8, 4) is 10.4 Å². The highest BCUT2D eigenvalue weighted by Gasteiger charge is 2.32. The van der Waals surface area contributed by atoms with Crippen LogP contribution in [0.5, 0.6) is 0 Å². The van der Waals surface area contributed by atoms with Crippen LogP contribution in [0, 0.1) is 5.92 Å². The van der Waals surface area contributed by atoms with Crippen molar-refractivity contribution in [3.63, 3.8) is 0 Å². The van der Waals surface area contributed by atoms with Crippen LogP contribution >= 0.6 is 11.3 Å². The van der Waals surface area contributed by atoms with Crippen LogP contribution in [0.3, 0.4) is 0 Å². The van der Waals surface area contributed by atoms with Gasteiger partial charge >= 0.3 is 0 Å². The Morgan fingerprint density at radius 3 is 2.85 bits per heavy atom. The number of methoxy groups -OCH3 is 1. The molecule has 1 aromatic heterocycles. The quantitative estimate of drug-likeness (QED) is 0.858. The molecule has 1 saturated carbocycles. The van der Waals surface area contributed by atoms with Gasteiger partial charge in [0.05, 0.1) is 6.61 Å². The lowest BCUT2D eigenvalue weighted by atomic mass is 10.1. The van der Waals surface area contributed by atoms with Gasteiger partial charge in [-0.3, -0.25) is 0 Å². The van der Waals surface area contributed by atoms with E-state index in [-0.39, 0.29) is 0 Å². The number of benzene rings is 1. The molecule has 2 nitrogen and oxygen atoms in total. The third-order valence-corrected chi connectivity index (χ3v) is 5.08. The lowest BCUT2D eigenvalue weighted by molar-refractivity contribution is 0.185. The van der Waals surface area contributed by atoms with E-state index in [1.54, 1.807) is 7.11 Å². The maximum absolute atomic E-state index is 5.21. The summed E-state index contributed by atoms with van der Waals surface area (Å²) in [4.78, 5) is 2.81. The average molecular weight is 287 g/mol. The summed E-state index contributed by atoms with van der Waals surface area (Å²) in [5.41, 5.74) is 2.52. The van der Waals surface area contributed by atoms with Gasteiger partial charge in [-0.05, 0) is 55.1 Å². The molecule has 0 radical (unpaired) electrons. The van der Waals surface area contributed by atoms with Crippen LogP contribution in [0.15, 0.2) is 36.4 Å². The molecule has 20 heavy (non-hydrogen) atoms. The monoisotopic (exact) mass is 287 g/mol. The molecule has 106 valence electrons. The highest BCUT2D eigenvalue weighted by Crippen LogP contribution is 2.44. The molecule has 1 N–H and O–H groups in total. The minimum absolute atomic E-state index is 0.538. The van der Waals surface area contributed by atoms with Crippen molar-refractivity contribution in [3.05, 3.63) is 46.8 Å². The van der Waals surface area contributed by atoms with Crippen LogP contribution in [-0.2, 0) is 11.3 Å². The normalized spacial score (nSPS) is 16.3. The predicted octanol–water partition coefficient (Wildman–Crippen LogP) is 4.23. The number of ether oxygens (including phenoxy) is 1. The standard InChI is InChI=1S/C17H21NOS/c1-18-17(13-6-7-13)16-9-8-15(20-16)14-5-3-4-12(10-14)11-19-2/h3-5,8-10,13,17-18H,6-7,11H2,1-2H3. The van der Waals surface area contributed by atoms with Crippen LogP contribution in [-0.4, -0.2) is 14.2 Å². The molecule has 1 unspecified atom stereocenters. The number of hydrogen-bond donors (Lipinski definition) is 1. The molecule has 3 heteroatoms. The Balaban J connectivity index is 1.83. The molecule has 0 saturated heterocycles. The lowest BCUT2D eigenvalue weighted by Gasteiger charge is -2.12. The molecule has 1 aromatic carbocycles. The largest absolute Gasteiger partial charge is 0.380 e. The third-order valence-electron chi connectivity index (χ3n) is 3.86. The molecule has 1 heterocycles. The van der Waals surface area contributed by atoms with Gasteiger partial charge in [0.2, 0.25) is 0 Å². The molecule has 3 rings (SSSR count). The summed E-state index contributed by atoms with van der Waals surface area (Å²) < 4.78 is 5.21. The van der Waals surface area contributed by atoms with Crippen molar-refractivity contribution >= 4 is 11.3 Å². The fourth-order valence-corrected chi connectivity index (χ4v) is 3.90. The van der Waals surface area contributed by atoms with Gasteiger partial charge in [0.25, 0.3) is 0 Å². The summed E-state index contributed by atoms with van der Waals surface area (Å²) in [5.74, 6) is 0.839. The van der Waals surface area contributed by atoms with E-state index in [2.05, 4.69) is 48.8 Å². The molecule has 1 aliphatic rings. The van der Waals surface area contributed by atoms with Gasteiger partial charge in [-0.15, -0.1) is 11.3 Å². The minimum Gasteiger partial charge on any atom is -0.380 e. The Hall–Kier alpha value is -1.16. The van der Waals surface area contributed by atoms with Crippen LogP contribution < -0.4 is 5.32 Å². The summed E-state index contributed by atoms with van der Waals surface area (Å²) in [6.07, 6.45) is 2.73. The second kappa shape index (κ2) is 6.08. The second-order valence-electron chi connectivity index (χ2n) is 5.44. The maximum atomic E-state index is 5.21. The summed E-state index contributed by atoms with van der Waals surface area (Å²) in [5, 5.41) is 3.47. The molecule has 0 amide bonds. The van der Waals surface area contributed by atoms with E-state index in [1.165, 1.54) is 33.7 Å². The van der Waals surface area contributed by atoms with Crippen molar-refractivity contribution in [2.24, 2.45) is 5.92 Å². The number of thiophene rings is 1. The van der Waals surface area contributed by atoms with Gasteiger partial charge < -0.3 is 10.1 Å². The van der Waals surface area contributed by atoms with E-state index >= 15 is 0 Å². The Morgan fingerprint density at radius 2 is 2.15 bits per heavy atom. The van der Waals surface area contributed by atoms with E-state index in [0.717, 1.165) is 5.92 Å². The first kappa shape index (κ1) is 13.8. The fraction of sp³-hybridized carbons (Fsp3) is 0.412. The van der Waals surface area contributed by atoms with Crippen molar-refractivity contribution in [1.29, 1.82) is 0 Å². The average Bonchev–Trinajstić information content (AvgIpc) is 3.17. The number of rotatable bonds is 6. The van der Waals surface area contributed by atoms with Crippen molar-refractivity contribution in [2.45, 2.75) is 25.5 Å². The molecular formula is C17H21NOS. The molecule has 0 bridgehead atoms.